The fourth-order valence-electron chi connectivity index (χ4n) is 2.68. The SMILES string of the molecule is COc1ccc(C(=O)Nc2ccn([C@@H]3C[C@H](O)[C@@H](CO)O3)c(=O)n2)cc1. The molecule has 0 aliphatic carbocycles. The van der Waals surface area contributed by atoms with Crippen molar-refractivity contribution in [3.05, 3.63) is 52.6 Å². The summed E-state index contributed by atoms with van der Waals surface area (Å²) in [6, 6.07) is 7.96. The number of hydrogen-bond acceptors (Lipinski definition) is 7. The Bertz CT molecular complexity index is 835. The summed E-state index contributed by atoms with van der Waals surface area (Å²) in [5.41, 5.74) is -0.238. The van der Waals surface area contributed by atoms with E-state index in [0.29, 0.717) is 11.3 Å². The smallest absolute Gasteiger partial charge is 0.351 e. The molecule has 1 aromatic carbocycles. The van der Waals surface area contributed by atoms with Gasteiger partial charge in [-0.3, -0.25) is 9.36 Å². The topological polar surface area (TPSA) is 123 Å². The van der Waals surface area contributed by atoms with E-state index in [-0.39, 0.29) is 18.8 Å². The van der Waals surface area contributed by atoms with Crippen LogP contribution in [0, 0.1) is 0 Å². The van der Waals surface area contributed by atoms with Crippen molar-refractivity contribution in [2.45, 2.75) is 24.9 Å². The van der Waals surface area contributed by atoms with Gasteiger partial charge in [-0.2, -0.15) is 4.98 Å². The summed E-state index contributed by atoms with van der Waals surface area (Å²) >= 11 is 0. The molecule has 3 rings (SSSR count). The molecule has 0 spiro atoms. The number of nitrogens with zero attached hydrogens (tertiary/aromatic N) is 2. The van der Waals surface area contributed by atoms with Crippen LogP contribution in [0.4, 0.5) is 5.82 Å². The van der Waals surface area contributed by atoms with E-state index in [1.54, 1.807) is 24.3 Å². The standard InChI is InChI=1S/C17H19N3O6/c1-25-11-4-2-10(3-5-11)16(23)18-14-6-7-20(17(24)19-14)15-8-12(22)13(9-21)26-15/h2-7,12-13,15,21-22H,8-9H2,1H3,(H,18,19,23,24)/t12-,13+,15-/m0/s1. The van der Waals surface area contributed by atoms with E-state index in [4.69, 9.17) is 14.6 Å². The Balaban J connectivity index is 1.71. The number of aromatic nitrogens is 2. The predicted octanol–water partition coefficient (Wildman–Crippen LogP) is 0.145. The highest BCUT2D eigenvalue weighted by molar-refractivity contribution is 6.03. The number of methoxy groups -OCH3 is 1. The second-order valence-corrected chi connectivity index (χ2v) is 5.80. The van der Waals surface area contributed by atoms with Crippen molar-refractivity contribution in [2.75, 3.05) is 19.0 Å². The molecule has 1 saturated heterocycles. The van der Waals surface area contributed by atoms with Crippen LogP contribution in [0.3, 0.4) is 0 Å². The molecule has 1 aromatic heterocycles. The lowest BCUT2D eigenvalue weighted by molar-refractivity contribution is -0.0458. The number of aliphatic hydroxyl groups is 2. The summed E-state index contributed by atoms with van der Waals surface area (Å²) in [6.07, 6.45) is -0.707. The number of aliphatic hydroxyl groups excluding tert-OH is 2. The van der Waals surface area contributed by atoms with Crippen LogP contribution in [-0.2, 0) is 4.74 Å². The van der Waals surface area contributed by atoms with Crippen LogP contribution < -0.4 is 15.7 Å². The average Bonchev–Trinajstić information content (AvgIpc) is 3.02. The van der Waals surface area contributed by atoms with Gasteiger partial charge in [0.1, 0.15) is 23.9 Å². The van der Waals surface area contributed by atoms with Crippen molar-refractivity contribution in [3.63, 3.8) is 0 Å². The second-order valence-electron chi connectivity index (χ2n) is 5.80. The van der Waals surface area contributed by atoms with Crippen LogP contribution in [0.15, 0.2) is 41.3 Å². The number of amides is 1. The molecule has 2 heterocycles. The third kappa shape index (κ3) is 3.74. The molecule has 0 bridgehead atoms. The van der Waals surface area contributed by atoms with Gasteiger partial charge in [-0.1, -0.05) is 0 Å². The highest BCUT2D eigenvalue weighted by Crippen LogP contribution is 2.27. The Hall–Kier alpha value is -2.75. The fourth-order valence-corrected chi connectivity index (χ4v) is 2.68. The lowest BCUT2D eigenvalue weighted by Crippen LogP contribution is -2.28. The monoisotopic (exact) mass is 361 g/mol. The molecule has 0 saturated carbocycles. The molecule has 0 radical (unpaired) electrons. The summed E-state index contributed by atoms with van der Waals surface area (Å²) < 4.78 is 11.7. The molecule has 1 aliphatic heterocycles. The average molecular weight is 361 g/mol. The number of carbonyl (C=O) groups excluding carboxylic acids is 1. The maximum atomic E-state index is 12.2. The number of benzene rings is 1. The van der Waals surface area contributed by atoms with Gasteiger partial charge < -0.3 is 25.0 Å². The maximum absolute atomic E-state index is 12.2. The van der Waals surface area contributed by atoms with Crippen molar-refractivity contribution >= 4 is 11.7 Å². The van der Waals surface area contributed by atoms with Gasteiger partial charge in [-0.05, 0) is 30.3 Å². The third-order valence-electron chi connectivity index (χ3n) is 4.12. The van der Waals surface area contributed by atoms with E-state index >= 15 is 0 Å². The molecule has 1 amide bonds. The quantitative estimate of drug-likeness (QED) is 0.692. The Morgan fingerprint density at radius 1 is 1.38 bits per heavy atom. The van der Waals surface area contributed by atoms with Gasteiger partial charge in [-0.15, -0.1) is 0 Å². The van der Waals surface area contributed by atoms with Gasteiger partial charge in [0, 0.05) is 18.2 Å². The van der Waals surface area contributed by atoms with Crippen molar-refractivity contribution < 1.29 is 24.5 Å². The minimum absolute atomic E-state index is 0.101. The second kappa shape index (κ2) is 7.65. The van der Waals surface area contributed by atoms with E-state index in [0.717, 1.165) is 0 Å². The zero-order chi connectivity index (χ0) is 18.7. The molecule has 1 aliphatic rings. The third-order valence-corrected chi connectivity index (χ3v) is 4.12. The molecule has 0 unspecified atom stereocenters. The minimum atomic E-state index is -0.855. The first-order chi connectivity index (χ1) is 12.5. The Morgan fingerprint density at radius 3 is 2.69 bits per heavy atom. The molecule has 1 fully saturated rings. The minimum Gasteiger partial charge on any atom is -0.497 e. The molecule has 3 atom stereocenters. The summed E-state index contributed by atoms with van der Waals surface area (Å²) in [5.74, 6) is 0.316. The Morgan fingerprint density at radius 2 is 2.12 bits per heavy atom. The van der Waals surface area contributed by atoms with Crippen LogP contribution in [0.25, 0.3) is 0 Å². The van der Waals surface area contributed by atoms with E-state index in [1.165, 1.54) is 23.9 Å². The molecule has 3 N–H and O–H groups in total. The predicted molar refractivity (Wildman–Crippen MR) is 91.1 cm³/mol. The zero-order valence-corrected chi connectivity index (χ0v) is 14.0. The first-order valence-corrected chi connectivity index (χ1v) is 8.01. The number of ether oxygens (including phenoxy) is 2. The first kappa shape index (κ1) is 18.1. The van der Waals surface area contributed by atoms with Gasteiger partial charge in [-0.25, -0.2) is 4.79 Å². The Kier molecular flexibility index (Phi) is 5.31. The van der Waals surface area contributed by atoms with Gasteiger partial charge in [0.15, 0.2) is 0 Å². The largest absolute Gasteiger partial charge is 0.497 e. The van der Waals surface area contributed by atoms with Crippen molar-refractivity contribution in [2.24, 2.45) is 0 Å². The number of nitrogens with one attached hydrogen (secondary N) is 1. The Labute approximate surface area is 148 Å². The molecular weight excluding hydrogens is 342 g/mol. The van der Waals surface area contributed by atoms with Crippen LogP contribution in [0.5, 0.6) is 5.75 Å². The number of hydrogen-bond donors (Lipinski definition) is 3. The van der Waals surface area contributed by atoms with Gasteiger partial charge in [0.2, 0.25) is 0 Å². The van der Waals surface area contributed by atoms with E-state index in [1.807, 2.05) is 0 Å². The molecule has 26 heavy (non-hydrogen) atoms. The number of anilines is 1. The lowest BCUT2D eigenvalue weighted by Gasteiger charge is -2.14. The van der Waals surface area contributed by atoms with Crippen molar-refractivity contribution in [3.8, 4) is 5.75 Å². The van der Waals surface area contributed by atoms with Crippen LogP contribution in [0.1, 0.15) is 23.0 Å². The van der Waals surface area contributed by atoms with Crippen LogP contribution in [-0.4, -0.2) is 51.6 Å². The fraction of sp³-hybridized carbons (Fsp3) is 0.353. The molecule has 2 aromatic rings. The number of rotatable bonds is 5. The summed E-state index contributed by atoms with van der Waals surface area (Å²) in [5, 5.41) is 21.4. The molecule has 138 valence electrons. The molecular formula is C17H19N3O6. The van der Waals surface area contributed by atoms with E-state index < -0.39 is 30.0 Å². The van der Waals surface area contributed by atoms with Gasteiger partial charge in [0.05, 0.1) is 19.8 Å². The van der Waals surface area contributed by atoms with Crippen LogP contribution in [0.2, 0.25) is 0 Å². The molecule has 9 heteroatoms. The zero-order valence-electron chi connectivity index (χ0n) is 14.0. The maximum Gasteiger partial charge on any atom is 0.351 e. The van der Waals surface area contributed by atoms with E-state index in [9.17, 15) is 14.7 Å². The molecule has 9 nitrogen and oxygen atoms in total. The summed E-state index contributed by atoms with van der Waals surface area (Å²) in [6.45, 7) is -0.337. The highest BCUT2D eigenvalue weighted by atomic mass is 16.5. The van der Waals surface area contributed by atoms with Gasteiger partial charge >= 0.3 is 5.69 Å². The first-order valence-electron chi connectivity index (χ1n) is 8.01. The summed E-state index contributed by atoms with van der Waals surface area (Å²) in [7, 11) is 1.53. The highest BCUT2D eigenvalue weighted by Gasteiger charge is 2.34. The number of carbonyl (C=O) groups is 1. The van der Waals surface area contributed by atoms with Crippen molar-refractivity contribution in [1.29, 1.82) is 0 Å². The van der Waals surface area contributed by atoms with E-state index in [2.05, 4.69) is 10.3 Å². The van der Waals surface area contributed by atoms with Crippen molar-refractivity contribution in [1.82, 2.24) is 9.55 Å². The normalized spacial score (nSPS) is 22.2. The van der Waals surface area contributed by atoms with Crippen LogP contribution >= 0.6 is 0 Å². The lowest BCUT2D eigenvalue weighted by atomic mass is 10.2. The summed E-state index contributed by atoms with van der Waals surface area (Å²) in [4.78, 5) is 28.2. The van der Waals surface area contributed by atoms with Gasteiger partial charge in [0.25, 0.3) is 5.91 Å².